The van der Waals surface area contributed by atoms with Crippen molar-refractivity contribution in [1.82, 2.24) is 9.97 Å². The summed E-state index contributed by atoms with van der Waals surface area (Å²) in [5.41, 5.74) is 3.29. The fourth-order valence-corrected chi connectivity index (χ4v) is 5.06. The number of nitrogens with zero attached hydrogens (tertiary/aromatic N) is 3. The number of aromatic nitrogens is 2. The number of primary amides is 1. The molecule has 0 spiro atoms. The standard InChI is InChI=1S/C28H30F4N4O3S/c1-13(2)20-17(11-19(37)35-24(25(33)38)18-12-34-26(40-18)27(5,6)39)22(14(3)4)36-23(21(20)29)15-8-7-9-16(10-15)28(30,31)32/h7-10,12-14,39H,11H2,1-6H3,(H2,33,38). The van der Waals surface area contributed by atoms with Crippen LogP contribution in [0, 0.1) is 5.82 Å². The van der Waals surface area contributed by atoms with Crippen molar-refractivity contribution >= 4 is 28.9 Å². The van der Waals surface area contributed by atoms with Crippen molar-refractivity contribution in [1.29, 1.82) is 0 Å². The fraction of sp³-hybridized carbons (Fsp3) is 0.393. The number of alkyl halides is 3. The second-order valence-electron chi connectivity index (χ2n) is 10.4. The zero-order valence-corrected chi connectivity index (χ0v) is 23.7. The van der Waals surface area contributed by atoms with Crippen molar-refractivity contribution in [2.24, 2.45) is 10.7 Å². The lowest BCUT2D eigenvalue weighted by Crippen LogP contribution is -2.25. The van der Waals surface area contributed by atoms with E-state index in [4.69, 9.17) is 5.73 Å². The lowest BCUT2D eigenvalue weighted by atomic mass is 9.88. The van der Waals surface area contributed by atoms with Crippen LogP contribution in [-0.4, -0.2) is 32.6 Å². The Morgan fingerprint density at radius 1 is 1.12 bits per heavy atom. The number of nitrogens with two attached hydrogens (primary N) is 1. The molecule has 0 aliphatic heterocycles. The van der Waals surface area contributed by atoms with Crippen LogP contribution in [0.25, 0.3) is 11.3 Å². The normalized spacial score (nSPS) is 12.9. The Labute approximate surface area is 233 Å². The van der Waals surface area contributed by atoms with Gasteiger partial charge in [-0.2, -0.15) is 13.2 Å². The maximum Gasteiger partial charge on any atom is 0.416 e. The number of carbonyl (C=O) groups excluding carboxylic acids is 2. The SMILES string of the molecule is CC(C)c1nc(-c2cccc(C(F)(F)F)c2)c(F)c(C(C)C)c1CC(=O)N=C(C(N)=O)c1cnc(C(C)(C)O)s1. The monoisotopic (exact) mass is 578 g/mol. The number of hydrogen-bond donors (Lipinski definition) is 2. The van der Waals surface area contributed by atoms with Gasteiger partial charge >= 0.3 is 6.18 Å². The highest BCUT2D eigenvalue weighted by molar-refractivity contribution is 7.14. The Morgan fingerprint density at radius 2 is 1.77 bits per heavy atom. The van der Waals surface area contributed by atoms with Crippen molar-refractivity contribution < 1.29 is 32.3 Å². The molecular weight excluding hydrogens is 548 g/mol. The zero-order valence-electron chi connectivity index (χ0n) is 22.9. The first kappa shape index (κ1) is 31.0. The Kier molecular flexibility index (Phi) is 8.95. The molecule has 1 aromatic carbocycles. The highest BCUT2D eigenvalue weighted by atomic mass is 32.1. The molecular formula is C28H30F4N4O3S. The van der Waals surface area contributed by atoms with Crippen LogP contribution in [0.4, 0.5) is 17.6 Å². The predicted molar refractivity (Wildman–Crippen MR) is 145 cm³/mol. The number of carbonyl (C=O) groups is 2. The van der Waals surface area contributed by atoms with Crippen molar-refractivity contribution in [2.45, 2.75) is 71.6 Å². The first-order chi connectivity index (χ1) is 18.4. The lowest BCUT2D eigenvalue weighted by Gasteiger charge is -2.21. The highest BCUT2D eigenvalue weighted by Crippen LogP contribution is 2.37. The summed E-state index contributed by atoms with van der Waals surface area (Å²) < 4.78 is 56.0. The van der Waals surface area contributed by atoms with Gasteiger partial charge in [-0.15, -0.1) is 11.3 Å². The van der Waals surface area contributed by atoms with E-state index in [1.807, 2.05) is 0 Å². The van der Waals surface area contributed by atoms with Gasteiger partial charge in [-0.1, -0.05) is 39.8 Å². The molecule has 40 heavy (non-hydrogen) atoms. The number of aliphatic hydroxyl groups is 1. The second kappa shape index (κ2) is 11.5. The van der Waals surface area contributed by atoms with E-state index in [0.29, 0.717) is 5.69 Å². The topological polar surface area (TPSA) is 119 Å². The van der Waals surface area contributed by atoms with Crippen molar-refractivity contribution in [2.75, 3.05) is 0 Å². The molecule has 0 fully saturated rings. The molecule has 2 amide bonds. The molecule has 0 saturated heterocycles. The van der Waals surface area contributed by atoms with E-state index >= 15 is 4.39 Å². The Bertz CT molecular complexity index is 1470. The summed E-state index contributed by atoms with van der Waals surface area (Å²) in [6.07, 6.45) is -3.77. The number of thiazole rings is 1. The van der Waals surface area contributed by atoms with Gasteiger partial charge in [0, 0.05) is 17.5 Å². The first-order valence-electron chi connectivity index (χ1n) is 12.4. The molecule has 2 aromatic heterocycles. The molecule has 7 nitrogen and oxygen atoms in total. The van der Waals surface area contributed by atoms with Crippen LogP contribution in [0.1, 0.15) is 85.6 Å². The number of pyridine rings is 1. The molecule has 12 heteroatoms. The molecule has 0 atom stereocenters. The third-order valence-electron chi connectivity index (χ3n) is 5.96. The maximum absolute atomic E-state index is 16.0. The fourth-order valence-electron chi connectivity index (χ4n) is 4.15. The molecule has 0 unspecified atom stereocenters. The Hall–Kier alpha value is -3.51. The summed E-state index contributed by atoms with van der Waals surface area (Å²) in [6.45, 7) is 9.93. The average molecular weight is 579 g/mol. The van der Waals surface area contributed by atoms with E-state index < -0.39 is 47.3 Å². The molecule has 3 N–H and O–H groups in total. The van der Waals surface area contributed by atoms with Gasteiger partial charge in [-0.3, -0.25) is 9.59 Å². The summed E-state index contributed by atoms with van der Waals surface area (Å²) in [4.78, 5) is 37.8. The molecule has 0 aliphatic carbocycles. The quantitative estimate of drug-likeness (QED) is 0.256. The van der Waals surface area contributed by atoms with E-state index in [0.717, 1.165) is 23.5 Å². The number of halogens is 4. The zero-order chi connectivity index (χ0) is 30.2. The van der Waals surface area contributed by atoms with E-state index in [1.54, 1.807) is 27.7 Å². The van der Waals surface area contributed by atoms with Gasteiger partial charge in [0.15, 0.2) is 11.5 Å². The summed E-state index contributed by atoms with van der Waals surface area (Å²) in [6, 6.07) is 4.26. The van der Waals surface area contributed by atoms with Crippen LogP contribution < -0.4 is 5.73 Å². The smallest absolute Gasteiger partial charge is 0.383 e. The minimum absolute atomic E-state index is 0.0455. The van der Waals surface area contributed by atoms with Gasteiger partial charge in [0.2, 0.25) is 0 Å². The largest absolute Gasteiger partial charge is 0.416 e. The third kappa shape index (κ3) is 6.79. The number of aliphatic imine (C=N–C) groups is 1. The summed E-state index contributed by atoms with van der Waals surface area (Å²) in [7, 11) is 0. The summed E-state index contributed by atoms with van der Waals surface area (Å²) >= 11 is 0.948. The molecule has 0 bridgehead atoms. The molecule has 3 aromatic rings. The van der Waals surface area contributed by atoms with Crippen LogP contribution in [0.5, 0.6) is 0 Å². The van der Waals surface area contributed by atoms with Crippen molar-refractivity contribution in [3.8, 4) is 11.3 Å². The minimum atomic E-state index is -4.62. The van der Waals surface area contributed by atoms with Gasteiger partial charge in [0.1, 0.15) is 16.3 Å². The molecule has 0 radical (unpaired) electrons. The summed E-state index contributed by atoms with van der Waals surface area (Å²) in [5, 5.41) is 10.5. The van der Waals surface area contributed by atoms with Crippen LogP contribution in [-0.2, 0) is 27.8 Å². The predicted octanol–water partition coefficient (Wildman–Crippen LogP) is 5.88. The van der Waals surface area contributed by atoms with Gasteiger partial charge in [0.25, 0.3) is 11.8 Å². The van der Waals surface area contributed by atoms with Gasteiger partial charge in [0.05, 0.1) is 16.9 Å². The van der Waals surface area contributed by atoms with E-state index in [1.165, 1.54) is 32.2 Å². The van der Waals surface area contributed by atoms with Crippen LogP contribution >= 0.6 is 11.3 Å². The average Bonchev–Trinajstić information content (AvgIpc) is 3.32. The number of rotatable bonds is 8. The number of hydrogen-bond acceptors (Lipinski definition) is 6. The molecule has 214 valence electrons. The van der Waals surface area contributed by atoms with Crippen LogP contribution in [0.3, 0.4) is 0 Å². The molecule has 0 saturated carbocycles. The second-order valence-corrected chi connectivity index (χ2v) is 11.5. The third-order valence-corrected chi connectivity index (χ3v) is 7.28. The van der Waals surface area contributed by atoms with E-state index in [-0.39, 0.29) is 43.9 Å². The maximum atomic E-state index is 16.0. The first-order valence-corrected chi connectivity index (χ1v) is 13.2. The van der Waals surface area contributed by atoms with Gasteiger partial charge in [-0.25, -0.2) is 19.4 Å². The number of amides is 2. The Morgan fingerprint density at radius 3 is 2.27 bits per heavy atom. The van der Waals surface area contributed by atoms with Gasteiger partial charge < -0.3 is 10.8 Å². The minimum Gasteiger partial charge on any atom is -0.383 e. The number of benzene rings is 1. The Balaban J connectivity index is 2.14. The summed E-state index contributed by atoms with van der Waals surface area (Å²) in [5.74, 6) is -3.43. The lowest BCUT2D eigenvalue weighted by molar-refractivity contribution is -0.137. The van der Waals surface area contributed by atoms with Crippen molar-refractivity contribution in [3.63, 3.8) is 0 Å². The van der Waals surface area contributed by atoms with Crippen molar-refractivity contribution in [3.05, 3.63) is 68.5 Å². The van der Waals surface area contributed by atoms with E-state index in [2.05, 4.69) is 15.0 Å². The van der Waals surface area contributed by atoms with Crippen LogP contribution in [0.2, 0.25) is 0 Å². The highest BCUT2D eigenvalue weighted by Gasteiger charge is 2.32. The van der Waals surface area contributed by atoms with E-state index in [9.17, 15) is 27.9 Å². The van der Waals surface area contributed by atoms with Gasteiger partial charge in [-0.05, 0) is 48.9 Å². The molecule has 0 aliphatic rings. The molecule has 3 rings (SSSR count). The molecule has 2 heterocycles. The van der Waals surface area contributed by atoms with Crippen LogP contribution in [0.15, 0.2) is 35.5 Å².